The molecule has 0 N–H and O–H groups in total. The third-order valence-corrected chi connectivity index (χ3v) is 5.13. The molecule has 0 saturated carbocycles. The summed E-state index contributed by atoms with van der Waals surface area (Å²) in [6, 6.07) is 13.5. The molecule has 1 saturated heterocycles. The molecular weight excluding hydrogens is 355 g/mol. The van der Waals surface area contributed by atoms with Gasteiger partial charge in [-0.2, -0.15) is 0 Å². The summed E-state index contributed by atoms with van der Waals surface area (Å²) in [6.45, 7) is 3.84. The highest BCUT2D eigenvalue weighted by Crippen LogP contribution is 2.34. The fourth-order valence-corrected chi connectivity index (χ4v) is 3.49. The number of hydrogen-bond donors (Lipinski definition) is 0. The van der Waals surface area contributed by atoms with Crippen molar-refractivity contribution in [2.45, 2.75) is 0 Å². The molecule has 0 atom stereocenters. The van der Waals surface area contributed by atoms with Crippen LogP contribution in [0, 0.1) is 0 Å². The number of fused-ring (bicyclic) bond motifs is 1. The zero-order valence-corrected chi connectivity index (χ0v) is 15.4. The number of benzene rings is 2. The summed E-state index contributed by atoms with van der Waals surface area (Å²) in [7, 11) is 2.13. The van der Waals surface area contributed by atoms with Gasteiger partial charge < -0.3 is 9.80 Å². The summed E-state index contributed by atoms with van der Waals surface area (Å²) in [6.07, 6.45) is 0. The van der Waals surface area contributed by atoms with Crippen molar-refractivity contribution >= 4 is 40.1 Å². The summed E-state index contributed by atoms with van der Waals surface area (Å²) < 4.78 is 0. The minimum absolute atomic E-state index is 0.664. The Morgan fingerprint density at radius 1 is 0.920 bits per heavy atom. The van der Waals surface area contributed by atoms with Gasteiger partial charge in [-0.05, 0) is 31.3 Å². The van der Waals surface area contributed by atoms with Crippen molar-refractivity contribution in [1.29, 1.82) is 0 Å². The third-order valence-electron chi connectivity index (χ3n) is 4.56. The molecule has 128 valence electrons. The molecule has 1 aliphatic rings. The van der Waals surface area contributed by atoms with E-state index in [0.717, 1.165) is 54.3 Å². The van der Waals surface area contributed by atoms with Crippen LogP contribution in [0.3, 0.4) is 0 Å². The van der Waals surface area contributed by atoms with Gasteiger partial charge in [-0.3, -0.25) is 0 Å². The lowest BCUT2D eigenvalue weighted by Crippen LogP contribution is -2.45. The quantitative estimate of drug-likeness (QED) is 0.668. The Morgan fingerprint density at radius 3 is 2.44 bits per heavy atom. The van der Waals surface area contributed by atoms with E-state index in [2.05, 4.69) is 16.8 Å². The fraction of sp³-hybridized carbons (Fsp3) is 0.263. The molecule has 0 radical (unpaired) electrons. The van der Waals surface area contributed by atoms with Gasteiger partial charge in [-0.25, -0.2) is 9.97 Å². The summed E-state index contributed by atoms with van der Waals surface area (Å²) >= 11 is 12.7. The zero-order valence-electron chi connectivity index (χ0n) is 13.9. The van der Waals surface area contributed by atoms with Crippen LogP contribution in [0.15, 0.2) is 42.5 Å². The first kappa shape index (κ1) is 16.6. The van der Waals surface area contributed by atoms with Crippen LogP contribution in [0.5, 0.6) is 0 Å². The van der Waals surface area contributed by atoms with Gasteiger partial charge >= 0.3 is 0 Å². The van der Waals surface area contributed by atoms with Crippen LogP contribution in [-0.2, 0) is 0 Å². The number of rotatable bonds is 2. The van der Waals surface area contributed by atoms with Crippen LogP contribution in [0.4, 0.5) is 5.95 Å². The van der Waals surface area contributed by atoms with Gasteiger partial charge in [0.2, 0.25) is 5.95 Å². The van der Waals surface area contributed by atoms with Crippen molar-refractivity contribution in [3.63, 3.8) is 0 Å². The Balaban J connectivity index is 1.90. The second-order valence-corrected chi connectivity index (χ2v) is 7.15. The molecule has 0 unspecified atom stereocenters. The number of halogens is 2. The first-order valence-electron chi connectivity index (χ1n) is 8.27. The van der Waals surface area contributed by atoms with E-state index in [1.165, 1.54) is 0 Å². The molecule has 1 aromatic heterocycles. The molecule has 1 fully saturated rings. The molecule has 25 heavy (non-hydrogen) atoms. The van der Waals surface area contributed by atoms with Crippen LogP contribution < -0.4 is 4.90 Å². The number of piperazine rings is 1. The van der Waals surface area contributed by atoms with Crippen molar-refractivity contribution < 1.29 is 0 Å². The van der Waals surface area contributed by atoms with Crippen molar-refractivity contribution in [1.82, 2.24) is 14.9 Å². The van der Waals surface area contributed by atoms with Crippen LogP contribution in [0.1, 0.15) is 0 Å². The van der Waals surface area contributed by atoms with Gasteiger partial charge in [-0.1, -0.05) is 41.4 Å². The number of likely N-dealkylation sites (N-methyl/N-ethyl adjacent to an activating group) is 1. The Bertz CT molecular complexity index is 920. The predicted octanol–water partition coefficient (Wildman–Crippen LogP) is 4.36. The molecule has 1 aliphatic heterocycles. The van der Waals surface area contributed by atoms with E-state index < -0.39 is 0 Å². The Kier molecular flexibility index (Phi) is 4.50. The molecule has 3 aromatic rings. The van der Waals surface area contributed by atoms with Gasteiger partial charge in [0, 0.05) is 47.2 Å². The maximum Gasteiger partial charge on any atom is 0.226 e. The van der Waals surface area contributed by atoms with E-state index in [1.54, 1.807) is 0 Å². The van der Waals surface area contributed by atoms with Gasteiger partial charge in [0.05, 0.1) is 11.2 Å². The van der Waals surface area contributed by atoms with Crippen molar-refractivity contribution in [2.75, 3.05) is 38.1 Å². The molecular formula is C19H18Cl2N4. The van der Waals surface area contributed by atoms with Gasteiger partial charge in [-0.15, -0.1) is 0 Å². The lowest BCUT2D eigenvalue weighted by Gasteiger charge is -2.32. The normalized spacial score (nSPS) is 15.7. The molecule has 6 heteroatoms. The van der Waals surface area contributed by atoms with Gasteiger partial charge in [0.25, 0.3) is 0 Å². The van der Waals surface area contributed by atoms with E-state index >= 15 is 0 Å². The fourth-order valence-electron chi connectivity index (χ4n) is 3.09. The largest absolute Gasteiger partial charge is 0.338 e. The van der Waals surface area contributed by atoms with E-state index in [-0.39, 0.29) is 0 Å². The van der Waals surface area contributed by atoms with Crippen molar-refractivity contribution in [3.8, 4) is 11.3 Å². The number of hydrogen-bond acceptors (Lipinski definition) is 4. The Labute approximate surface area is 157 Å². The Hall–Kier alpha value is -1.88. The number of anilines is 1. The molecule has 0 bridgehead atoms. The molecule has 0 spiro atoms. The smallest absolute Gasteiger partial charge is 0.226 e. The summed E-state index contributed by atoms with van der Waals surface area (Å²) in [5.41, 5.74) is 2.60. The third kappa shape index (κ3) is 3.30. The monoisotopic (exact) mass is 372 g/mol. The highest BCUT2D eigenvalue weighted by Gasteiger charge is 2.19. The van der Waals surface area contributed by atoms with Gasteiger partial charge in [0.15, 0.2) is 0 Å². The van der Waals surface area contributed by atoms with E-state index in [9.17, 15) is 0 Å². The average molecular weight is 373 g/mol. The highest BCUT2D eigenvalue weighted by molar-refractivity contribution is 6.34. The lowest BCUT2D eigenvalue weighted by molar-refractivity contribution is 0.311. The zero-order chi connectivity index (χ0) is 17.4. The molecule has 2 heterocycles. The minimum Gasteiger partial charge on any atom is -0.338 e. The maximum absolute atomic E-state index is 6.44. The van der Waals surface area contributed by atoms with Crippen LogP contribution in [0.25, 0.3) is 22.2 Å². The Morgan fingerprint density at radius 2 is 1.68 bits per heavy atom. The average Bonchev–Trinajstić information content (AvgIpc) is 2.62. The summed E-state index contributed by atoms with van der Waals surface area (Å²) in [5, 5.41) is 2.25. The van der Waals surface area contributed by atoms with Crippen molar-refractivity contribution in [2.24, 2.45) is 0 Å². The summed E-state index contributed by atoms with van der Waals surface area (Å²) in [4.78, 5) is 14.2. The minimum atomic E-state index is 0.664. The molecule has 4 nitrogen and oxygen atoms in total. The second kappa shape index (κ2) is 6.79. The first-order chi connectivity index (χ1) is 12.1. The molecule has 0 aliphatic carbocycles. The van der Waals surface area contributed by atoms with Crippen LogP contribution in [0.2, 0.25) is 10.0 Å². The number of aromatic nitrogens is 2. The summed E-state index contributed by atoms with van der Waals surface area (Å²) in [5.74, 6) is 0.748. The number of nitrogens with zero attached hydrogens (tertiary/aromatic N) is 4. The SMILES string of the molecule is CN1CCN(c2nc(-c3ccccc3Cl)c3cc(Cl)ccc3n2)CC1. The molecule has 2 aromatic carbocycles. The maximum atomic E-state index is 6.44. The first-order valence-corrected chi connectivity index (χ1v) is 9.03. The van der Waals surface area contributed by atoms with E-state index in [1.807, 2.05) is 42.5 Å². The molecule has 0 amide bonds. The second-order valence-electron chi connectivity index (χ2n) is 6.30. The van der Waals surface area contributed by atoms with Crippen LogP contribution >= 0.6 is 23.2 Å². The molecule has 4 rings (SSSR count). The van der Waals surface area contributed by atoms with E-state index in [4.69, 9.17) is 33.2 Å². The van der Waals surface area contributed by atoms with Crippen molar-refractivity contribution in [3.05, 3.63) is 52.5 Å². The lowest BCUT2D eigenvalue weighted by atomic mass is 10.1. The van der Waals surface area contributed by atoms with Crippen LogP contribution in [-0.4, -0.2) is 48.1 Å². The van der Waals surface area contributed by atoms with E-state index in [0.29, 0.717) is 10.0 Å². The predicted molar refractivity (Wildman–Crippen MR) is 105 cm³/mol. The highest BCUT2D eigenvalue weighted by atomic mass is 35.5. The standard InChI is InChI=1S/C19H18Cl2N4/c1-24-8-10-25(11-9-24)19-22-17-7-6-13(20)12-15(17)18(23-19)14-4-2-3-5-16(14)21/h2-7,12H,8-11H2,1H3. The topological polar surface area (TPSA) is 32.3 Å². The van der Waals surface area contributed by atoms with Gasteiger partial charge in [0.1, 0.15) is 0 Å².